The largest absolute Gasteiger partial charge is 0.481 e. The van der Waals surface area contributed by atoms with Crippen molar-refractivity contribution in [2.75, 3.05) is 0 Å². The number of nitrogens with one attached hydrogen (secondary N) is 1. The minimum atomic E-state index is -1.44. The Labute approximate surface area is 79.9 Å². The summed E-state index contributed by atoms with van der Waals surface area (Å²) in [5, 5.41) is 18.9. The first-order chi connectivity index (χ1) is 6.34. The van der Waals surface area contributed by atoms with E-state index in [9.17, 15) is 14.4 Å². The molecule has 0 saturated heterocycles. The number of rotatable bonds is 5. The number of carbonyl (C=O) groups is 3. The van der Waals surface area contributed by atoms with Gasteiger partial charge in [0.25, 0.3) is 0 Å². The first-order valence-corrected chi connectivity index (χ1v) is 3.85. The van der Waals surface area contributed by atoms with E-state index in [1.807, 2.05) is 5.32 Å². The highest BCUT2D eigenvalue weighted by Gasteiger charge is 2.23. The van der Waals surface area contributed by atoms with Gasteiger partial charge in [-0.2, -0.15) is 0 Å². The van der Waals surface area contributed by atoms with Crippen LogP contribution in [0.25, 0.3) is 0 Å². The number of carboxylic acid groups (broad SMARTS) is 2. The van der Waals surface area contributed by atoms with E-state index in [2.05, 4.69) is 0 Å². The maximum Gasteiger partial charge on any atom is 0.326 e. The lowest BCUT2D eigenvalue weighted by Gasteiger charge is -2.13. The number of carboxylic acids is 2. The first kappa shape index (κ1) is 12.4. The van der Waals surface area contributed by atoms with E-state index in [1.165, 1.54) is 6.92 Å². The molecule has 0 aliphatic rings. The van der Waals surface area contributed by atoms with E-state index < -0.39 is 36.4 Å². The van der Waals surface area contributed by atoms with Gasteiger partial charge >= 0.3 is 11.9 Å². The van der Waals surface area contributed by atoms with Gasteiger partial charge in [0.1, 0.15) is 6.04 Å². The van der Waals surface area contributed by atoms with E-state index in [1.54, 1.807) is 0 Å². The maximum absolute atomic E-state index is 10.9. The molecule has 14 heavy (non-hydrogen) atoms. The van der Waals surface area contributed by atoms with Gasteiger partial charge in [-0.3, -0.25) is 9.59 Å². The van der Waals surface area contributed by atoms with Crippen molar-refractivity contribution in [2.24, 2.45) is 5.73 Å². The Bertz CT molecular complexity index is 250. The molecule has 80 valence electrons. The van der Waals surface area contributed by atoms with E-state index in [0.29, 0.717) is 0 Å². The number of nitrogens with two attached hydrogens (primary N) is 1. The lowest BCUT2D eigenvalue weighted by Crippen LogP contribution is -2.48. The molecule has 0 spiro atoms. The molecule has 0 aromatic heterocycles. The summed E-state index contributed by atoms with van der Waals surface area (Å²) in [6.07, 6.45) is -0.673. The van der Waals surface area contributed by atoms with Crippen LogP contribution in [0.2, 0.25) is 0 Å². The molecule has 0 heterocycles. The van der Waals surface area contributed by atoms with Crippen molar-refractivity contribution in [1.29, 1.82) is 0 Å². The molecule has 0 saturated carbocycles. The van der Waals surface area contributed by atoms with E-state index in [4.69, 9.17) is 15.9 Å². The fraction of sp³-hybridized carbons (Fsp3) is 0.571. The second-order valence-electron chi connectivity index (χ2n) is 2.79. The minimum Gasteiger partial charge on any atom is -0.481 e. The Morgan fingerprint density at radius 1 is 1.36 bits per heavy atom. The minimum absolute atomic E-state index is 0.673. The van der Waals surface area contributed by atoms with Crippen LogP contribution in [0.1, 0.15) is 13.3 Å². The Hall–Kier alpha value is -1.63. The van der Waals surface area contributed by atoms with Crippen LogP contribution < -0.4 is 11.1 Å². The summed E-state index contributed by atoms with van der Waals surface area (Å²) in [7, 11) is 0. The fourth-order valence-electron chi connectivity index (χ4n) is 0.678. The second-order valence-corrected chi connectivity index (χ2v) is 2.79. The molecule has 2 atom stereocenters. The predicted molar refractivity (Wildman–Crippen MR) is 45.5 cm³/mol. The van der Waals surface area contributed by atoms with Crippen LogP contribution in [0.5, 0.6) is 0 Å². The number of carbonyl (C=O) groups excluding carboxylic acids is 1. The van der Waals surface area contributed by atoms with Crippen LogP contribution in [0.4, 0.5) is 0 Å². The van der Waals surface area contributed by atoms with Gasteiger partial charge in [0.15, 0.2) is 0 Å². The molecular formula is C7H12N2O5. The zero-order valence-electron chi connectivity index (χ0n) is 7.56. The Morgan fingerprint density at radius 2 is 1.86 bits per heavy atom. The van der Waals surface area contributed by atoms with Crippen molar-refractivity contribution < 1.29 is 24.6 Å². The molecular weight excluding hydrogens is 191 g/mol. The number of hydrogen-bond donors (Lipinski definition) is 4. The molecule has 0 rings (SSSR count). The molecule has 0 aliphatic carbocycles. The van der Waals surface area contributed by atoms with Crippen molar-refractivity contribution in [3.63, 3.8) is 0 Å². The number of aliphatic carboxylic acids is 2. The van der Waals surface area contributed by atoms with Gasteiger partial charge in [0.2, 0.25) is 5.91 Å². The van der Waals surface area contributed by atoms with Crippen molar-refractivity contribution in [3.05, 3.63) is 0 Å². The quantitative estimate of drug-likeness (QED) is 0.424. The van der Waals surface area contributed by atoms with Crippen LogP contribution in [-0.2, 0) is 14.4 Å². The third kappa shape index (κ3) is 4.41. The van der Waals surface area contributed by atoms with Crippen LogP contribution >= 0.6 is 0 Å². The van der Waals surface area contributed by atoms with Crippen LogP contribution in [-0.4, -0.2) is 40.1 Å². The summed E-state index contributed by atoms with van der Waals surface area (Å²) in [5.74, 6) is -3.40. The molecule has 1 amide bonds. The monoisotopic (exact) mass is 203 g/mol. The summed E-state index contributed by atoms with van der Waals surface area (Å²) in [6.45, 7) is 1.37. The molecule has 0 aliphatic heterocycles. The molecule has 5 N–H and O–H groups in total. The summed E-state index contributed by atoms with van der Waals surface area (Å²) < 4.78 is 0. The summed E-state index contributed by atoms with van der Waals surface area (Å²) >= 11 is 0. The van der Waals surface area contributed by atoms with Gasteiger partial charge in [-0.15, -0.1) is 0 Å². The molecule has 7 nitrogen and oxygen atoms in total. The van der Waals surface area contributed by atoms with Crippen molar-refractivity contribution in [3.8, 4) is 0 Å². The SMILES string of the molecule is C[C@H](N)[11C](=O)N[C@@H](CC(=O)O)C(=O)O. The van der Waals surface area contributed by atoms with E-state index in [0.717, 1.165) is 0 Å². The van der Waals surface area contributed by atoms with Crippen LogP contribution in [0.3, 0.4) is 0 Å². The number of amides is 1. The van der Waals surface area contributed by atoms with Crippen molar-refractivity contribution >= 4 is 17.8 Å². The van der Waals surface area contributed by atoms with E-state index in [-0.39, 0.29) is 0 Å². The second kappa shape index (κ2) is 5.18. The Morgan fingerprint density at radius 3 is 2.14 bits per heavy atom. The first-order valence-electron chi connectivity index (χ1n) is 3.85. The normalized spacial score (nSPS) is 14.1. The summed E-state index contributed by atoms with van der Waals surface area (Å²) in [4.78, 5) is 31.6. The van der Waals surface area contributed by atoms with Crippen molar-refractivity contribution in [1.82, 2.24) is 5.32 Å². The third-order valence-electron chi connectivity index (χ3n) is 1.41. The molecule has 0 fully saturated rings. The van der Waals surface area contributed by atoms with Crippen LogP contribution in [0.15, 0.2) is 0 Å². The smallest absolute Gasteiger partial charge is 0.326 e. The Balaban J connectivity index is 4.31. The predicted octanol–water partition coefficient (Wildman–Crippen LogP) is -1.62. The van der Waals surface area contributed by atoms with Crippen LogP contribution in [0, 0.1) is 0 Å². The average molecular weight is 203 g/mol. The van der Waals surface area contributed by atoms with Gasteiger partial charge in [0.05, 0.1) is 12.5 Å². The molecule has 0 bridgehead atoms. The standard InChI is InChI=1S/C7H12N2O5/c1-3(8)6(12)9-4(7(13)14)2-5(10)11/h3-4H,2,8H2,1H3,(H,9,12)(H,10,11)(H,13,14)/t3-,4-/m0/s1/i6-1. The lowest BCUT2D eigenvalue weighted by atomic mass is 9.89. The third-order valence-corrected chi connectivity index (χ3v) is 1.41. The highest BCUT2D eigenvalue weighted by Crippen LogP contribution is 1.93. The van der Waals surface area contributed by atoms with E-state index >= 15 is 0 Å². The topological polar surface area (TPSA) is 130 Å². The average Bonchev–Trinajstić information content (AvgIpc) is 2.01. The maximum atomic E-state index is 10.9. The fourth-order valence-corrected chi connectivity index (χ4v) is 0.678. The lowest BCUT2D eigenvalue weighted by molar-refractivity contribution is -0.147. The highest BCUT2D eigenvalue weighted by molar-refractivity contribution is 5.88. The molecule has 0 unspecified atom stereocenters. The van der Waals surface area contributed by atoms with Gasteiger partial charge in [0, 0.05) is 0 Å². The highest BCUT2D eigenvalue weighted by atomic mass is 16.4. The number of hydrogen-bond acceptors (Lipinski definition) is 4. The molecule has 0 radical (unpaired) electrons. The molecule has 7 heteroatoms. The van der Waals surface area contributed by atoms with Gasteiger partial charge in [-0.25, -0.2) is 4.79 Å². The molecule has 0 aromatic carbocycles. The summed E-state index contributed by atoms with van der Waals surface area (Å²) in [5.41, 5.74) is 5.16. The van der Waals surface area contributed by atoms with Gasteiger partial charge < -0.3 is 21.3 Å². The zero-order chi connectivity index (χ0) is 11.3. The Kier molecular flexibility index (Phi) is 4.57. The zero-order valence-corrected chi connectivity index (χ0v) is 7.56. The molecule has 0 aromatic rings. The summed E-state index contributed by atoms with van der Waals surface area (Å²) in [6, 6.07) is -2.31. The van der Waals surface area contributed by atoms with Gasteiger partial charge in [-0.1, -0.05) is 0 Å². The van der Waals surface area contributed by atoms with Crippen molar-refractivity contribution in [2.45, 2.75) is 25.4 Å². The van der Waals surface area contributed by atoms with Gasteiger partial charge in [-0.05, 0) is 6.92 Å².